The lowest BCUT2D eigenvalue weighted by Gasteiger charge is -2.25. The minimum atomic E-state index is -0.325. The molecule has 1 heterocycles. The molecule has 0 saturated carbocycles. The van der Waals surface area contributed by atoms with Crippen LogP contribution in [0.2, 0.25) is 0 Å². The Labute approximate surface area is 101 Å². The highest BCUT2D eigenvalue weighted by atomic mass is 79.9. The van der Waals surface area contributed by atoms with E-state index in [1.165, 1.54) is 4.90 Å². The van der Waals surface area contributed by atoms with Crippen LogP contribution in [0.5, 0.6) is 0 Å². The van der Waals surface area contributed by atoms with Crippen LogP contribution in [0.4, 0.5) is 5.69 Å². The molecule has 1 aromatic carbocycles. The smallest absolute Gasteiger partial charge is 0.259 e. The maximum Gasteiger partial charge on any atom is 0.259 e. The van der Waals surface area contributed by atoms with Gasteiger partial charge in [-0.1, -0.05) is 15.9 Å². The standard InChI is InChI=1S/C11H10BrNO3/c1-7-2-8(12)4-9(3-7)13-10(14)5-16-6-11(13)15/h2-4H,5-6H2,1H3. The number of hydrogen-bond donors (Lipinski definition) is 0. The zero-order valence-corrected chi connectivity index (χ0v) is 10.3. The molecule has 4 nitrogen and oxygen atoms in total. The number of carbonyl (C=O) groups excluding carboxylic acids is 2. The van der Waals surface area contributed by atoms with Crippen molar-refractivity contribution in [2.24, 2.45) is 0 Å². The van der Waals surface area contributed by atoms with Gasteiger partial charge in [0, 0.05) is 4.47 Å². The van der Waals surface area contributed by atoms with Gasteiger partial charge in [-0.15, -0.1) is 0 Å². The summed E-state index contributed by atoms with van der Waals surface area (Å²) in [7, 11) is 0. The number of amides is 2. The van der Waals surface area contributed by atoms with E-state index in [1.807, 2.05) is 13.0 Å². The lowest BCUT2D eigenvalue weighted by atomic mass is 10.2. The summed E-state index contributed by atoms with van der Waals surface area (Å²) in [6, 6.07) is 5.46. The Balaban J connectivity index is 2.41. The summed E-state index contributed by atoms with van der Waals surface area (Å²) in [5.41, 5.74) is 1.57. The van der Waals surface area contributed by atoms with Crippen molar-refractivity contribution >= 4 is 33.4 Å². The second kappa shape index (κ2) is 4.35. The molecule has 0 radical (unpaired) electrons. The lowest BCUT2D eigenvalue weighted by Crippen LogP contribution is -2.46. The molecule has 1 saturated heterocycles. The molecule has 16 heavy (non-hydrogen) atoms. The Morgan fingerprint density at radius 1 is 1.19 bits per heavy atom. The third kappa shape index (κ3) is 2.15. The second-order valence-corrected chi connectivity index (χ2v) is 4.52. The summed E-state index contributed by atoms with van der Waals surface area (Å²) in [4.78, 5) is 24.4. The fraction of sp³-hybridized carbons (Fsp3) is 0.273. The van der Waals surface area contributed by atoms with Gasteiger partial charge in [-0.3, -0.25) is 9.59 Å². The molecule has 1 aliphatic heterocycles. The van der Waals surface area contributed by atoms with Crippen molar-refractivity contribution in [1.29, 1.82) is 0 Å². The van der Waals surface area contributed by atoms with Gasteiger partial charge in [0.2, 0.25) is 0 Å². The first-order valence-electron chi connectivity index (χ1n) is 4.78. The summed E-state index contributed by atoms with van der Waals surface area (Å²) >= 11 is 3.34. The molecule has 0 N–H and O–H groups in total. The molecular formula is C11H10BrNO3. The Morgan fingerprint density at radius 3 is 2.38 bits per heavy atom. The van der Waals surface area contributed by atoms with Crippen LogP contribution in [-0.4, -0.2) is 25.0 Å². The average molecular weight is 284 g/mol. The van der Waals surface area contributed by atoms with E-state index in [1.54, 1.807) is 12.1 Å². The fourth-order valence-corrected chi connectivity index (χ4v) is 2.22. The summed E-state index contributed by atoms with van der Waals surface area (Å²) in [6.07, 6.45) is 0. The van der Waals surface area contributed by atoms with Gasteiger partial charge >= 0.3 is 0 Å². The van der Waals surface area contributed by atoms with E-state index in [0.29, 0.717) is 5.69 Å². The number of anilines is 1. The summed E-state index contributed by atoms with van der Waals surface area (Å²) < 4.78 is 5.70. The number of morpholine rings is 1. The van der Waals surface area contributed by atoms with Crippen molar-refractivity contribution < 1.29 is 14.3 Å². The van der Waals surface area contributed by atoms with E-state index >= 15 is 0 Å². The number of imide groups is 1. The monoisotopic (exact) mass is 283 g/mol. The van der Waals surface area contributed by atoms with Crippen LogP contribution in [0.1, 0.15) is 5.56 Å². The van der Waals surface area contributed by atoms with Crippen molar-refractivity contribution in [3.05, 3.63) is 28.2 Å². The average Bonchev–Trinajstić information content (AvgIpc) is 2.15. The minimum Gasteiger partial charge on any atom is -0.362 e. The topological polar surface area (TPSA) is 46.6 Å². The highest BCUT2D eigenvalue weighted by molar-refractivity contribution is 9.10. The number of hydrogen-bond acceptors (Lipinski definition) is 3. The highest BCUT2D eigenvalue weighted by Gasteiger charge is 2.28. The predicted octanol–water partition coefficient (Wildman–Crippen LogP) is 1.65. The predicted molar refractivity (Wildman–Crippen MR) is 62.2 cm³/mol. The van der Waals surface area contributed by atoms with Crippen LogP contribution >= 0.6 is 15.9 Å². The Kier molecular flexibility index (Phi) is 3.07. The van der Waals surface area contributed by atoms with Gasteiger partial charge < -0.3 is 4.74 Å². The number of halogens is 1. The largest absolute Gasteiger partial charge is 0.362 e. The van der Waals surface area contributed by atoms with Crippen molar-refractivity contribution in [3.8, 4) is 0 Å². The molecular weight excluding hydrogens is 274 g/mol. The molecule has 0 aliphatic carbocycles. The van der Waals surface area contributed by atoms with Gasteiger partial charge in [0.05, 0.1) is 5.69 Å². The number of rotatable bonds is 1. The Bertz CT molecular complexity index is 422. The quantitative estimate of drug-likeness (QED) is 0.737. The fourth-order valence-electron chi connectivity index (χ4n) is 1.63. The van der Waals surface area contributed by atoms with Gasteiger partial charge in [0.15, 0.2) is 0 Å². The van der Waals surface area contributed by atoms with Crippen LogP contribution in [0.25, 0.3) is 0 Å². The van der Waals surface area contributed by atoms with E-state index in [4.69, 9.17) is 4.74 Å². The van der Waals surface area contributed by atoms with Crippen LogP contribution in [0.3, 0.4) is 0 Å². The van der Waals surface area contributed by atoms with Crippen LogP contribution < -0.4 is 4.90 Å². The number of ether oxygens (including phenoxy) is 1. The third-order valence-corrected chi connectivity index (χ3v) is 2.69. The molecule has 0 spiro atoms. The molecule has 5 heteroatoms. The minimum absolute atomic E-state index is 0.0443. The second-order valence-electron chi connectivity index (χ2n) is 3.60. The first kappa shape index (κ1) is 11.3. The van der Waals surface area contributed by atoms with Crippen molar-refractivity contribution in [3.63, 3.8) is 0 Å². The first-order chi connectivity index (χ1) is 7.58. The van der Waals surface area contributed by atoms with Crippen LogP contribution in [-0.2, 0) is 14.3 Å². The Morgan fingerprint density at radius 2 is 1.81 bits per heavy atom. The number of carbonyl (C=O) groups is 2. The summed E-state index contributed by atoms with van der Waals surface area (Å²) in [5.74, 6) is -0.650. The zero-order valence-electron chi connectivity index (χ0n) is 8.70. The molecule has 1 fully saturated rings. The molecule has 0 bridgehead atoms. The lowest BCUT2D eigenvalue weighted by molar-refractivity contribution is -0.138. The van der Waals surface area contributed by atoms with E-state index in [2.05, 4.69) is 15.9 Å². The molecule has 0 atom stereocenters. The van der Waals surface area contributed by atoms with Crippen molar-refractivity contribution in [2.75, 3.05) is 18.1 Å². The number of aryl methyl sites for hydroxylation is 1. The Hall–Kier alpha value is -1.20. The maximum absolute atomic E-state index is 11.6. The summed E-state index contributed by atoms with van der Waals surface area (Å²) in [6.45, 7) is 1.82. The van der Waals surface area contributed by atoms with E-state index in [-0.39, 0.29) is 25.0 Å². The molecule has 1 aromatic rings. The number of benzene rings is 1. The first-order valence-corrected chi connectivity index (χ1v) is 5.58. The highest BCUT2D eigenvalue weighted by Crippen LogP contribution is 2.24. The van der Waals surface area contributed by atoms with Crippen LogP contribution in [0, 0.1) is 6.92 Å². The SMILES string of the molecule is Cc1cc(Br)cc(N2C(=O)COCC2=O)c1. The summed E-state index contributed by atoms with van der Waals surface area (Å²) in [5, 5.41) is 0. The molecule has 2 amide bonds. The van der Waals surface area contributed by atoms with E-state index in [0.717, 1.165) is 10.0 Å². The van der Waals surface area contributed by atoms with Gasteiger partial charge in [-0.25, -0.2) is 4.90 Å². The van der Waals surface area contributed by atoms with Gasteiger partial charge in [0.25, 0.3) is 11.8 Å². The molecule has 0 unspecified atom stereocenters. The van der Waals surface area contributed by atoms with Crippen molar-refractivity contribution in [1.82, 2.24) is 0 Å². The molecule has 0 aromatic heterocycles. The maximum atomic E-state index is 11.6. The molecule has 2 rings (SSSR count). The van der Waals surface area contributed by atoms with Gasteiger partial charge in [-0.2, -0.15) is 0 Å². The normalized spacial score (nSPS) is 16.8. The number of nitrogens with zero attached hydrogens (tertiary/aromatic N) is 1. The van der Waals surface area contributed by atoms with Crippen molar-refractivity contribution in [2.45, 2.75) is 6.92 Å². The van der Waals surface area contributed by atoms with Gasteiger partial charge in [-0.05, 0) is 30.7 Å². The van der Waals surface area contributed by atoms with Gasteiger partial charge in [0.1, 0.15) is 13.2 Å². The molecule has 1 aliphatic rings. The molecule has 84 valence electrons. The third-order valence-electron chi connectivity index (χ3n) is 2.23. The zero-order chi connectivity index (χ0) is 11.7. The van der Waals surface area contributed by atoms with E-state index in [9.17, 15) is 9.59 Å². The van der Waals surface area contributed by atoms with E-state index < -0.39 is 0 Å². The van der Waals surface area contributed by atoms with Crippen LogP contribution in [0.15, 0.2) is 22.7 Å².